The van der Waals surface area contributed by atoms with Crippen molar-refractivity contribution in [2.75, 3.05) is 12.0 Å². The van der Waals surface area contributed by atoms with Gasteiger partial charge in [-0.3, -0.25) is 14.5 Å². The highest BCUT2D eigenvalue weighted by molar-refractivity contribution is 7.22. The molecule has 0 spiro atoms. The van der Waals surface area contributed by atoms with Crippen molar-refractivity contribution in [3.8, 4) is 11.5 Å². The number of aliphatic hydroxyl groups excluding tert-OH is 1. The summed E-state index contributed by atoms with van der Waals surface area (Å²) in [4.78, 5) is 32.6. The third-order valence-corrected chi connectivity index (χ3v) is 6.51. The number of ketones is 1. The molecule has 7 nitrogen and oxygen atoms in total. The first-order chi connectivity index (χ1) is 16.0. The molecule has 2 N–H and O–H groups in total. The smallest absolute Gasteiger partial charge is 0.296 e. The summed E-state index contributed by atoms with van der Waals surface area (Å²) in [7, 11) is 1.57. The van der Waals surface area contributed by atoms with Gasteiger partial charge in [-0.05, 0) is 35.9 Å². The Labute approximate surface area is 192 Å². The molecule has 5 rings (SSSR count). The van der Waals surface area contributed by atoms with Gasteiger partial charge in [0, 0.05) is 5.56 Å². The summed E-state index contributed by atoms with van der Waals surface area (Å²) in [5.74, 6) is -1.07. The maximum absolute atomic E-state index is 13.4. The number of nitrogens with zero attached hydrogens (tertiary/aromatic N) is 2. The van der Waals surface area contributed by atoms with Crippen LogP contribution >= 0.6 is 11.3 Å². The summed E-state index contributed by atoms with van der Waals surface area (Å²) in [6.07, 6.45) is 0. The number of amides is 1. The number of aliphatic hydroxyl groups is 1. The molecule has 3 aromatic carbocycles. The molecule has 1 amide bonds. The van der Waals surface area contributed by atoms with E-state index in [2.05, 4.69) is 4.98 Å². The zero-order chi connectivity index (χ0) is 23.1. The summed E-state index contributed by atoms with van der Waals surface area (Å²) in [5, 5.41) is 20.9. The molecule has 1 aliphatic rings. The molecule has 0 bridgehead atoms. The molecule has 1 atom stereocenters. The van der Waals surface area contributed by atoms with Gasteiger partial charge < -0.3 is 14.9 Å². The molecular formula is C25H18N2O5S. The maximum atomic E-state index is 13.4. The molecule has 0 aliphatic carbocycles. The van der Waals surface area contributed by atoms with E-state index in [-0.39, 0.29) is 11.3 Å². The minimum atomic E-state index is -0.909. The fourth-order valence-electron chi connectivity index (χ4n) is 3.87. The van der Waals surface area contributed by atoms with Crippen LogP contribution in [0.15, 0.2) is 84.1 Å². The highest BCUT2D eigenvalue weighted by atomic mass is 32.1. The van der Waals surface area contributed by atoms with E-state index in [4.69, 9.17) is 4.74 Å². The number of hydrogen-bond acceptors (Lipinski definition) is 7. The number of ether oxygens (including phenoxy) is 1. The number of carbonyl (C=O) groups is 2. The van der Waals surface area contributed by atoms with Crippen LogP contribution in [0.4, 0.5) is 5.13 Å². The van der Waals surface area contributed by atoms with Gasteiger partial charge in [-0.25, -0.2) is 4.98 Å². The van der Waals surface area contributed by atoms with E-state index in [1.54, 1.807) is 61.7 Å². The Morgan fingerprint density at radius 2 is 1.76 bits per heavy atom. The van der Waals surface area contributed by atoms with Crippen LogP contribution in [0.25, 0.3) is 10.2 Å². The lowest BCUT2D eigenvalue weighted by molar-refractivity contribution is -0.117. The van der Waals surface area contributed by atoms with Crippen LogP contribution in [-0.2, 0) is 4.79 Å². The normalized spacial score (nSPS) is 16.0. The summed E-state index contributed by atoms with van der Waals surface area (Å²) in [5.41, 5.74) is 1.54. The van der Waals surface area contributed by atoms with Gasteiger partial charge in [-0.15, -0.1) is 0 Å². The van der Waals surface area contributed by atoms with Crippen LogP contribution in [-0.4, -0.2) is 34.0 Å². The zero-order valence-electron chi connectivity index (χ0n) is 17.4. The number of phenols is 1. The molecule has 1 aliphatic heterocycles. The van der Waals surface area contributed by atoms with Gasteiger partial charge >= 0.3 is 0 Å². The molecule has 4 aromatic rings. The lowest BCUT2D eigenvalue weighted by Gasteiger charge is -2.24. The first kappa shape index (κ1) is 20.7. The lowest BCUT2D eigenvalue weighted by atomic mass is 9.93. The van der Waals surface area contributed by atoms with E-state index in [1.807, 2.05) is 6.07 Å². The number of anilines is 1. The van der Waals surface area contributed by atoms with Gasteiger partial charge in [0.05, 0.1) is 28.9 Å². The van der Waals surface area contributed by atoms with Gasteiger partial charge in [0.2, 0.25) is 0 Å². The van der Waals surface area contributed by atoms with E-state index in [9.17, 15) is 19.8 Å². The number of hydrogen-bond donors (Lipinski definition) is 2. The Balaban J connectivity index is 1.67. The number of aromatic hydroxyl groups is 1. The molecule has 8 heteroatoms. The predicted octanol–water partition coefficient (Wildman–Crippen LogP) is 4.79. The number of carbonyl (C=O) groups excluding carboxylic acids is 2. The van der Waals surface area contributed by atoms with Crippen molar-refractivity contribution in [2.45, 2.75) is 6.04 Å². The molecule has 1 unspecified atom stereocenters. The monoisotopic (exact) mass is 458 g/mol. The molecule has 164 valence electrons. The van der Waals surface area contributed by atoms with Gasteiger partial charge in [-0.1, -0.05) is 53.8 Å². The van der Waals surface area contributed by atoms with E-state index in [1.165, 1.54) is 28.4 Å². The van der Waals surface area contributed by atoms with Crippen LogP contribution in [0.5, 0.6) is 11.5 Å². The molecule has 0 fully saturated rings. The molecule has 0 radical (unpaired) electrons. The summed E-state index contributed by atoms with van der Waals surface area (Å²) < 4.78 is 6.07. The van der Waals surface area contributed by atoms with E-state index >= 15 is 0 Å². The van der Waals surface area contributed by atoms with Gasteiger partial charge in [0.15, 0.2) is 16.7 Å². The van der Waals surface area contributed by atoms with Crippen LogP contribution in [0.3, 0.4) is 0 Å². The van der Waals surface area contributed by atoms with Crippen molar-refractivity contribution in [1.82, 2.24) is 4.98 Å². The summed E-state index contributed by atoms with van der Waals surface area (Å²) in [6.45, 7) is 0. The highest BCUT2D eigenvalue weighted by Crippen LogP contribution is 2.44. The Kier molecular flexibility index (Phi) is 5.07. The van der Waals surface area contributed by atoms with Crippen LogP contribution < -0.4 is 9.64 Å². The highest BCUT2D eigenvalue weighted by Gasteiger charge is 2.45. The number of phenolic OH excluding ortho intramolecular Hbond substituents is 1. The zero-order valence-corrected chi connectivity index (χ0v) is 18.2. The number of thiazole rings is 1. The van der Waals surface area contributed by atoms with E-state index < -0.39 is 23.5 Å². The topological polar surface area (TPSA) is 100.0 Å². The van der Waals surface area contributed by atoms with Crippen LogP contribution in [0, 0.1) is 0 Å². The first-order valence-electron chi connectivity index (χ1n) is 10.1. The molecule has 0 saturated carbocycles. The van der Waals surface area contributed by atoms with Gasteiger partial charge in [-0.2, -0.15) is 0 Å². The third kappa shape index (κ3) is 3.50. The largest absolute Gasteiger partial charge is 0.508 e. The SMILES string of the molecule is COc1ccc2nc(N3C(=O)C(O)=C(C(=O)c4ccccc4)C3c3ccc(O)cc3)sc2c1. The van der Waals surface area contributed by atoms with Gasteiger partial charge in [0.1, 0.15) is 11.5 Å². The number of benzene rings is 3. The Morgan fingerprint density at radius 3 is 2.45 bits per heavy atom. The minimum absolute atomic E-state index is 0.0336. The molecule has 0 saturated heterocycles. The number of rotatable bonds is 5. The summed E-state index contributed by atoms with van der Waals surface area (Å²) in [6, 6.07) is 19.1. The van der Waals surface area contributed by atoms with Gasteiger partial charge in [0.25, 0.3) is 5.91 Å². The number of methoxy groups -OCH3 is 1. The predicted molar refractivity (Wildman–Crippen MR) is 125 cm³/mol. The van der Waals surface area contributed by atoms with Crippen LogP contribution in [0.1, 0.15) is 22.0 Å². The van der Waals surface area contributed by atoms with Crippen LogP contribution in [0.2, 0.25) is 0 Å². The molecule has 2 heterocycles. The second-order valence-electron chi connectivity index (χ2n) is 7.46. The Bertz CT molecular complexity index is 1410. The van der Waals surface area contributed by atoms with Crippen molar-refractivity contribution in [2.24, 2.45) is 0 Å². The number of aromatic nitrogens is 1. The van der Waals surface area contributed by atoms with Crippen molar-refractivity contribution in [1.29, 1.82) is 0 Å². The number of Topliss-reactive ketones (excluding diaryl/α,β-unsaturated/α-hetero) is 1. The molecule has 1 aromatic heterocycles. The second kappa shape index (κ2) is 8.07. The minimum Gasteiger partial charge on any atom is -0.508 e. The standard InChI is InChI=1S/C25H18N2O5S/c1-32-17-11-12-18-19(13-17)33-25(26-18)27-21(14-7-9-16(28)10-8-14)20(23(30)24(27)31)22(29)15-5-3-2-4-6-15/h2-13,21,28,30H,1H3. The average molecular weight is 458 g/mol. The molecular weight excluding hydrogens is 440 g/mol. The number of fused-ring (bicyclic) bond motifs is 1. The van der Waals surface area contributed by atoms with Crippen molar-refractivity contribution in [3.05, 3.63) is 95.3 Å². The van der Waals surface area contributed by atoms with E-state index in [0.717, 1.165) is 4.70 Å². The Hall–Kier alpha value is -4.17. The van der Waals surface area contributed by atoms with Crippen molar-refractivity contribution in [3.63, 3.8) is 0 Å². The quantitative estimate of drug-likeness (QED) is 0.417. The fourth-order valence-corrected chi connectivity index (χ4v) is 4.90. The first-order valence-corrected chi connectivity index (χ1v) is 10.9. The third-order valence-electron chi connectivity index (χ3n) is 5.49. The summed E-state index contributed by atoms with van der Waals surface area (Å²) >= 11 is 1.26. The Morgan fingerprint density at radius 1 is 1.03 bits per heavy atom. The molecule has 33 heavy (non-hydrogen) atoms. The van der Waals surface area contributed by atoms with Crippen molar-refractivity contribution >= 4 is 38.4 Å². The second-order valence-corrected chi connectivity index (χ2v) is 8.47. The lowest BCUT2D eigenvalue weighted by Crippen LogP contribution is -2.30. The maximum Gasteiger partial charge on any atom is 0.296 e. The van der Waals surface area contributed by atoms with E-state index in [0.29, 0.717) is 27.5 Å². The average Bonchev–Trinajstić information content (AvgIpc) is 3.37. The van der Waals surface area contributed by atoms with Crippen molar-refractivity contribution < 1.29 is 24.5 Å². The fraction of sp³-hybridized carbons (Fsp3) is 0.0800.